The first kappa shape index (κ1) is 14.5. The Hall–Kier alpha value is -1.53. The highest BCUT2D eigenvalue weighted by Crippen LogP contribution is 2.14. The van der Waals surface area contributed by atoms with E-state index in [9.17, 15) is 0 Å². The molecule has 18 heavy (non-hydrogen) atoms. The second-order valence-corrected chi connectivity index (χ2v) is 4.37. The molecule has 3 heteroatoms. The van der Waals surface area contributed by atoms with Crippen molar-refractivity contribution < 1.29 is 5.11 Å². The number of unbranched alkanes of at least 4 members (excludes halogenated alkanes) is 3. The summed E-state index contributed by atoms with van der Waals surface area (Å²) >= 11 is 0. The van der Waals surface area contributed by atoms with Crippen molar-refractivity contribution in [3.05, 3.63) is 30.3 Å². The van der Waals surface area contributed by atoms with Gasteiger partial charge in [0.2, 0.25) is 0 Å². The third-order valence-electron chi connectivity index (χ3n) is 2.95. The predicted molar refractivity (Wildman–Crippen MR) is 74.4 cm³/mol. The minimum absolute atomic E-state index is 0.289. The first-order chi connectivity index (χ1) is 8.88. The number of hydrogen-bond acceptors (Lipinski definition) is 3. The van der Waals surface area contributed by atoms with Crippen molar-refractivity contribution >= 4 is 5.69 Å². The molecule has 0 spiro atoms. The molecule has 0 heterocycles. The van der Waals surface area contributed by atoms with E-state index in [0.717, 1.165) is 38.8 Å². The Balaban J connectivity index is 2.39. The number of nitriles is 1. The zero-order valence-electron chi connectivity index (χ0n) is 10.9. The van der Waals surface area contributed by atoms with Crippen molar-refractivity contribution in [1.29, 1.82) is 5.26 Å². The van der Waals surface area contributed by atoms with Gasteiger partial charge in [0.1, 0.15) is 0 Å². The molecule has 1 aromatic rings. The summed E-state index contributed by atoms with van der Waals surface area (Å²) in [7, 11) is 0. The molecule has 0 bridgehead atoms. The highest BCUT2D eigenvalue weighted by Gasteiger charge is 2.04. The number of anilines is 1. The third-order valence-corrected chi connectivity index (χ3v) is 2.95. The summed E-state index contributed by atoms with van der Waals surface area (Å²) in [4.78, 5) is 2.27. The molecule has 98 valence electrons. The maximum Gasteiger partial charge on any atom is 0.0640 e. The molecule has 0 atom stereocenters. The molecule has 1 N–H and O–H groups in total. The normalized spacial score (nSPS) is 10.0. The Morgan fingerprint density at radius 1 is 1.00 bits per heavy atom. The van der Waals surface area contributed by atoms with Gasteiger partial charge < -0.3 is 10.0 Å². The highest BCUT2D eigenvalue weighted by molar-refractivity contribution is 5.45. The maximum absolute atomic E-state index is 8.72. The Kier molecular flexibility index (Phi) is 7.66. The lowest BCUT2D eigenvalue weighted by molar-refractivity contribution is 0.282. The van der Waals surface area contributed by atoms with Gasteiger partial charge in [-0.1, -0.05) is 31.0 Å². The lowest BCUT2D eigenvalue weighted by atomic mass is 10.2. The third kappa shape index (κ3) is 5.70. The van der Waals surface area contributed by atoms with E-state index >= 15 is 0 Å². The Morgan fingerprint density at radius 3 is 2.39 bits per heavy atom. The van der Waals surface area contributed by atoms with Gasteiger partial charge in [0, 0.05) is 25.4 Å². The summed E-state index contributed by atoms with van der Waals surface area (Å²) in [6, 6.07) is 12.4. The van der Waals surface area contributed by atoms with Crippen LogP contribution in [-0.2, 0) is 0 Å². The van der Waals surface area contributed by atoms with E-state index in [1.807, 2.05) is 18.2 Å². The van der Waals surface area contributed by atoms with Crippen molar-refractivity contribution in [2.75, 3.05) is 24.6 Å². The predicted octanol–water partition coefficient (Wildman–Crippen LogP) is 2.96. The number of benzene rings is 1. The molecule has 0 saturated heterocycles. The van der Waals surface area contributed by atoms with E-state index in [-0.39, 0.29) is 6.61 Å². The van der Waals surface area contributed by atoms with Crippen LogP contribution in [0.15, 0.2) is 30.3 Å². The van der Waals surface area contributed by atoms with Crippen LogP contribution < -0.4 is 4.90 Å². The lowest BCUT2D eigenvalue weighted by Crippen LogP contribution is -2.25. The average molecular weight is 246 g/mol. The van der Waals surface area contributed by atoms with Gasteiger partial charge in [-0.15, -0.1) is 0 Å². The first-order valence-electron chi connectivity index (χ1n) is 6.66. The Labute approximate surface area is 110 Å². The SMILES string of the molecule is N#CCCN(CCCCCCO)c1ccccc1. The molecular formula is C15H22N2O. The van der Waals surface area contributed by atoms with Crippen molar-refractivity contribution in [2.24, 2.45) is 0 Å². The van der Waals surface area contributed by atoms with Crippen molar-refractivity contribution in [3.63, 3.8) is 0 Å². The number of aliphatic hydroxyl groups excluding tert-OH is 1. The molecule has 0 radical (unpaired) electrons. The summed E-state index contributed by atoms with van der Waals surface area (Å²) in [6.45, 7) is 2.06. The molecule has 1 aromatic carbocycles. The molecule has 0 saturated carbocycles. The minimum atomic E-state index is 0.289. The van der Waals surface area contributed by atoms with Crippen LogP contribution in [0.3, 0.4) is 0 Å². The first-order valence-corrected chi connectivity index (χ1v) is 6.66. The number of aliphatic hydroxyl groups is 1. The van der Waals surface area contributed by atoms with Gasteiger partial charge in [0.05, 0.1) is 12.5 Å². The van der Waals surface area contributed by atoms with Crippen molar-refractivity contribution in [1.82, 2.24) is 0 Å². The summed E-state index contributed by atoms with van der Waals surface area (Å²) in [5.41, 5.74) is 1.19. The topological polar surface area (TPSA) is 47.3 Å². The monoisotopic (exact) mass is 246 g/mol. The van der Waals surface area contributed by atoms with Gasteiger partial charge in [-0.25, -0.2) is 0 Å². The molecule has 0 unspecified atom stereocenters. The van der Waals surface area contributed by atoms with Gasteiger partial charge in [-0.05, 0) is 25.0 Å². The molecule has 0 amide bonds. The second kappa shape index (κ2) is 9.49. The van der Waals surface area contributed by atoms with Gasteiger partial charge >= 0.3 is 0 Å². The van der Waals surface area contributed by atoms with Crippen LogP contribution >= 0.6 is 0 Å². The smallest absolute Gasteiger partial charge is 0.0640 e. The number of para-hydroxylation sites is 1. The molecular weight excluding hydrogens is 224 g/mol. The average Bonchev–Trinajstić information content (AvgIpc) is 2.43. The lowest BCUT2D eigenvalue weighted by Gasteiger charge is -2.23. The van der Waals surface area contributed by atoms with Crippen LogP contribution in [0.5, 0.6) is 0 Å². The Bertz CT molecular complexity index is 345. The molecule has 0 aliphatic heterocycles. The van der Waals surface area contributed by atoms with E-state index in [1.165, 1.54) is 5.69 Å². The zero-order chi connectivity index (χ0) is 13.1. The van der Waals surface area contributed by atoms with E-state index in [1.54, 1.807) is 0 Å². The van der Waals surface area contributed by atoms with Crippen LogP contribution in [0.1, 0.15) is 32.1 Å². The summed E-state index contributed by atoms with van der Waals surface area (Å²) in [5.74, 6) is 0. The number of rotatable bonds is 9. The van der Waals surface area contributed by atoms with E-state index < -0.39 is 0 Å². The van der Waals surface area contributed by atoms with Crippen LogP contribution in [-0.4, -0.2) is 24.8 Å². The van der Waals surface area contributed by atoms with Gasteiger partial charge in [0.15, 0.2) is 0 Å². The number of hydrogen-bond donors (Lipinski definition) is 1. The highest BCUT2D eigenvalue weighted by atomic mass is 16.2. The van der Waals surface area contributed by atoms with Crippen LogP contribution in [0.4, 0.5) is 5.69 Å². The quantitative estimate of drug-likeness (QED) is 0.681. The fourth-order valence-electron chi connectivity index (χ4n) is 1.96. The maximum atomic E-state index is 8.72. The molecule has 0 aromatic heterocycles. The summed E-state index contributed by atoms with van der Waals surface area (Å²) < 4.78 is 0. The standard InChI is InChI=1S/C15H22N2O/c16-11-8-13-17(12-6-1-2-7-14-18)15-9-4-3-5-10-15/h3-5,9-10,18H,1-2,6-8,12-14H2. The second-order valence-electron chi connectivity index (χ2n) is 4.37. The molecule has 0 aliphatic carbocycles. The zero-order valence-corrected chi connectivity index (χ0v) is 10.9. The molecule has 3 nitrogen and oxygen atoms in total. The summed E-state index contributed by atoms with van der Waals surface area (Å²) in [5, 5.41) is 17.4. The summed E-state index contributed by atoms with van der Waals surface area (Å²) in [6.07, 6.45) is 4.78. The minimum Gasteiger partial charge on any atom is -0.396 e. The van der Waals surface area contributed by atoms with Gasteiger partial charge in [0.25, 0.3) is 0 Å². The van der Waals surface area contributed by atoms with Crippen LogP contribution in [0.25, 0.3) is 0 Å². The van der Waals surface area contributed by atoms with E-state index in [0.29, 0.717) is 6.42 Å². The van der Waals surface area contributed by atoms with E-state index in [4.69, 9.17) is 10.4 Å². The van der Waals surface area contributed by atoms with Crippen molar-refractivity contribution in [3.8, 4) is 6.07 Å². The Morgan fingerprint density at radius 2 is 1.72 bits per heavy atom. The molecule has 1 rings (SSSR count). The number of nitrogens with zero attached hydrogens (tertiary/aromatic N) is 2. The van der Waals surface area contributed by atoms with Gasteiger partial charge in [-0.2, -0.15) is 5.26 Å². The fraction of sp³-hybridized carbons (Fsp3) is 0.533. The molecule has 0 aliphatic rings. The van der Waals surface area contributed by atoms with Crippen LogP contribution in [0, 0.1) is 11.3 Å². The van der Waals surface area contributed by atoms with Crippen LogP contribution in [0.2, 0.25) is 0 Å². The van der Waals surface area contributed by atoms with Crippen molar-refractivity contribution in [2.45, 2.75) is 32.1 Å². The molecule has 0 fully saturated rings. The van der Waals surface area contributed by atoms with Gasteiger partial charge in [-0.3, -0.25) is 0 Å². The largest absolute Gasteiger partial charge is 0.396 e. The van der Waals surface area contributed by atoms with E-state index in [2.05, 4.69) is 23.1 Å². The fourth-order valence-corrected chi connectivity index (χ4v) is 1.96.